The van der Waals surface area contributed by atoms with Crippen LogP contribution in [0.3, 0.4) is 0 Å². The van der Waals surface area contributed by atoms with Crippen LogP contribution in [0.4, 0.5) is 19.0 Å². The van der Waals surface area contributed by atoms with Crippen LogP contribution in [-0.4, -0.2) is 56.2 Å². The first-order valence-corrected chi connectivity index (χ1v) is 9.54. The number of nitrogens with zero attached hydrogens (tertiary/aromatic N) is 3. The molecule has 162 valence electrons. The molecule has 1 fully saturated rings. The van der Waals surface area contributed by atoms with Gasteiger partial charge in [-0.2, -0.15) is 13.2 Å². The Morgan fingerprint density at radius 1 is 1.03 bits per heavy atom. The summed E-state index contributed by atoms with van der Waals surface area (Å²) in [5.74, 6) is 1.47. The fourth-order valence-electron chi connectivity index (χ4n) is 3.48. The second-order valence-corrected chi connectivity index (χ2v) is 7.04. The fourth-order valence-corrected chi connectivity index (χ4v) is 3.48. The van der Waals surface area contributed by atoms with Gasteiger partial charge < -0.3 is 19.3 Å². The molecule has 0 atom stereocenters. The minimum atomic E-state index is -4.41. The predicted octanol–water partition coefficient (Wildman–Crippen LogP) is 3.78. The molecule has 1 aliphatic heterocycles. The van der Waals surface area contributed by atoms with E-state index in [0.717, 1.165) is 17.8 Å². The Bertz CT molecular complexity index is 876. The van der Waals surface area contributed by atoms with E-state index in [-0.39, 0.29) is 5.91 Å². The van der Waals surface area contributed by atoms with Crippen LogP contribution in [0.1, 0.15) is 27.9 Å². The molecule has 6 nitrogen and oxygen atoms in total. The van der Waals surface area contributed by atoms with Crippen molar-refractivity contribution in [2.75, 3.05) is 45.3 Å². The molecule has 30 heavy (non-hydrogen) atoms. The molecule has 0 unspecified atom stereocenters. The molecule has 2 aromatic rings. The summed E-state index contributed by atoms with van der Waals surface area (Å²) in [6.45, 7) is 3.90. The van der Waals surface area contributed by atoms with Gasteiger partial charge in [0.15, 0.2) is 0 Å². The number of aromatic nitrogens is 1. The summed E-state index contributed by atoms with van der Waals surface area (Å²) in [7, 11) is 3.08. The van der Waals surface area contributed by atoms with Gasteiger partial charge in [0, 0.05) is 43.5 Å². The van der Waals surface area contributed by atoms with Crippen molar-refractivity contribution < 1.29 is 27.4 Å². The Balaban J connectivity index is 1.73. The largest absolute Gasteiger partial charge is 0.496 e. The molecule has 0 aliphatic carbocycles. The third-order valence-corrected chi connectivity index (χ3v) is 5.18. The van der Waals surface area contributed by atoms with Crippen LogP contribution in [0.15, 0.2) is 30.5 Å². The van der Waals surface area contributed by atoms with Crippen LogP contribution in [0, 0.1) is 6.92 Å². The van der Waals surface area contributed by atoms with E-state index >= 15 is 0 Å². The smallest absolute Gasteiger partial charge is 0.417 e. The maximum Gasteiger partial charge on any atom is 0.417 e. The van der Waals surface area contributed by atoms with E-state index in [4.69, 9.17) is 9.47 Å². The number of hydrogen-bond acceptors (Lipinski definition) is 5. The number of hydrogen-bond donors (Lipinski definition) is 0. The Morgan fingerprint density at radius 3 is 2.23 bits per heavy atom. The number of carbonyl (C=O) groups is 1. The minimum Gasteiger partial charge on any atom is -0.496 e. The lowest BCUT2D eigenvalue weighted by atomic mass is 10.1. The Labute approximate surface area is 173 Å². The lowest BCUT2D eigenvalue weighted by molar-refractivity contribution is -0.137. The molecule has 0 bridgehead atoms. The quantitative estimate of drug-likeness (QED) is 0.749. The fraction of sp³-hybridized carbons (Fsp3) is 0.429. The number of anilines is 1. The van der Waals surface area contributed by atoms with Gasteiger partial charge in [-0.15, -0.1) is 0 Å². The van der Waals surface area contributed by atoms with Crippen molar-refractivity contribution >= 4 is 11.7 Å². The van der Waals surface area contributed by atoms with Crippen molar-refractivity contribution in [2.24, 2.45) is 0 Å². The zero-order chi connectivity index (χ0) is 21.9. The maximum atomic E-state index is 13.1. The molecule has 3 rings (SSSR count). The Hall–Kier alpha value is -2.97. The number of rotatable bonds is 4. The topological polar surface area (TPSA) is 54.9 Å². The van der Waals surface area contributed by atoms with Gasteiger partial charge in [-0.05, 0) is 37.6 Å². The van der Waals surface area contributed by atoms with Gasteiger partial charge in [0.25, 0.3) is 5.91 Å². The lowest BCUT2D eigenvalue weighted by Gasteiger charge is -2.23. The van der Waals surface area contributed by atoms with Crippen molar-refractivity contribution in [3.8, 4) is 11.5 Å². The summed E-state index contributed by atoms with van der Waals surface area (Å²) in [5, 5.41) is 0. The molecule has 1 amide bonds. The molecule has 9 heteroatoms. The number of alkyl halides is 3. The molecule has 0 spiro atoms. The molecule has 2 heterocycles. The monoisotopic (exact) mass is 423 g/mol. The molecule has 1 aromatic heterocycles. The minimum absolute atomic E-state index is 0.145. The molecule has 0 saturated carbocycles. The molecule has 0 radical (unpaired) electrons. The maximum absolute atomic E-state index is 13.1. The number of ether oxygens (including phenoxy) is 2. The summed E-state index contributed by atoms with van der Waals surface area (Å²) in [6.07, 6.45) is -2.90. The molecular formula is C21H24F3N3O3. The van der Waals surface area contributed by atoms with Crippen molar-refractivity contribution in [1.29, 1.82) is 0 Å². The summed E-state index contributed by atoms with van der Waals surface area (Å²) < 4.78 is 48.9. The van der Waals surface area contributed by atoms with Gasteiger partial charge in [0.2, 0.25) is 0 Å². The van der Waals surface area contributed by atoms with Gasteiger partial charge in [-0.1, -0.05) is 0 Å². The number of carbonyl (C=O) groups excluding carboxylic acids is 1. The average molecular weight is 423 g/mol. The van der Waals surface area contributed by atoms with Crippen molar-refractivity contribution in [1.82, 2.24) is 9.88 Å². The first-order chi connectivity index (χ1) is 14.2. The number of benzene rings is 1. The second-order valence-electron chi connectivity index (χ2n) is 7.04. The molecule has 1 aliphatic rings. The van der Waals surface area contributed by atoms with E-state index in [2.05, 4.69) is 4.98 Å². The van der Waals surface area contributed by atoms with E-state index in [1.807, 2.05) is 11.8 Å². The zero-order valence-corrected chi connectivity index (χ0v) is 17.1. The zero-order valence-electron chi connectivity index (χ0n) is 17.1. The molecule has 1 aromatic carbocycles. The van der Waals surface area contributed by atoms with E-state index in [0.29, 0.717) is 55.5 Å². The highest BCUT2D eigenvalue weighted by Gasteiger charge is 2.31. The highest BCUT2D eigenvalue weighted by molar-refractivity contribution is 5.95. The average Bonchev–Trinajstić information content (AvgIpc) is 2.99. The Morgan fingerprint density at radius 2 is 1.70 bits per heavy atom. The van der Waals surface area contributed by atoms with Crippen LogP contribution in [0.25, 0.3) is 0 Å². The molecule has 1 saturated heterocycles. The predicted molar refractivity (Wildman–Crippen MR) is 106 cm³/mol. The van der Waals surface area contributed by atoms with E-state index in [1.54, 1.807) is 17.0 Å². The van der Waals surface area contributed by atoms with Crippen LogP contribution >= 0.6 is 0 Å². The number of methoxy groups -OCH3 is 2. The van der Waals surface area contributed by atoms with Crippen LogP contribution in [0.5, 0.6) is 11.5 Å². The summed E-state index contributed by atoms with van der Waals surface area (Å²) >= 11 is 0. The summed E-state index contributed by atoms with van der Waals surface area (Å²) in [5.41, 5.74) is 0.502. The van der Waals surface area contributed by atoms with Gasteiger partial charge in [-0.3, -0.25) is 4.79 Å². The van der Waals surface area contributed by atoms with E-state index in [9.17, 15) is 18.0 Å². The SMILES string of the molecule is COc1cc(C(=O)N2CCCN(c3ccc(C(F)(F)F)cn3)CC2)cc(OC)c1C. The molecular weight excluding hydrogens is 399 g/mol. The normalized spacial score (nSPS) is 15.0. The highest BCUT2D eigenvalue weighted by Crippen LogP contribution is 2.31. The lowest BCUT2D eigenvalue weighted by Crippen LogP contribution is -2.35. The van der Waals surface area contributed by atoms with Gasteiger partial charge >= 0.3 is 6.18 Å². The van der Waals surface area contributed by atoms with Gasteiger partial charge in [0.1, 0.15) is 17.3 Å². The third-order valence-electron chi connectivity index (χ3n) is 5.18. The molecule has 0 N–H and O–H groups in total. The van der Waals surface area contributed by atoms with Gasteiger partial charge in [-0.25, -0.2) is 4.98 Å². The first kappa shape index (κ1) is 21.7. The first-order valence-electron chi connectivity index (χ1n) is 9.54. The van der Waals surface area contributed by atoms with Crippen molar-refractivity contribution in [3.63, 3.8) is 0 Å². The van der Waals surface area contributed by atoms with E-state index in [1.165, 1.54) is 20.3 Å². The second kappa shape index (κ2) is 8.81. The van der Waals surface area contributed by atoms with Crippen molar-refractivity contribution in [2.45, 2.75) is 19.5 Å². The van der Waals surface area contributed by atoms with E-state index < -0.39 is 11.7 Å². The number of amides is 1. The van der Waals surface area contributed by atoms with Crippen LogP contribution in [0.2, 0.25) is 0 Å². The number of pyridine rings is 1. The number of halogens is 3. The summed E-state index contributed by atoms with van der Waals surface area (Å²) in [6, 6.07) is 5.79. The van der Waals surface area contributed by atoms with Crippen LogP contribution < -0.4 is 14.4 Å². The van der Waals surface area contributed by atoms with Crippen molar-refractivity contribution in [3.05, 3.63) is 47.2 Å². The van der Waals surface area contributed by atoms with Gasteiger partial charge in [0.05, 0.1) is 19.8 Å². The summed E-state index contributed by atoms with van der Waals surface area (Å²) in [4.78, 5) is 20.6. The third kappa shape index (κ3) is 4.60. The standard InChI is InChI=1S/C21H24F3N3O3/c1-14-17(29-2)11-15(12-18(14)30-3)20(28)27-8-4-7-26(9-10-27)19-6-5-16(13-25-19)21(22,23)24/h5-6,11-13H,4,7-10H2,1-3H3. The highest BCUT2D eigenvalue weighted by atomic mass is 19.4. The Kier molecular flexibility index (Phi) is 6.38. The van der Waals surface area contributed by atoms with Crippen LogP contribution in [-0.2, 0) is 6.18 Å².